The van der Waals surface area contributed by atoms with Crippen LogP contribution in [-0.4, -0.2) is 17.4 Å². The maximum atomic E-state index is 13.2. The average Bonchev–Trinajstić information content (AvgIpc) is 3.36. The van der Waals surface area contributed by atoms with E-state index in [-0.39, 0.29) is 5.91 Å². The van der Waals surface area contributed by atoms with Gasteiger partial charge in [0, 0.05) is 23.8 Å². The van der Waals surface area contributed by atoms with Gasteiger partial charge in [-0.25, -0.2) is 4.98 Å². The summed E-state index contributed by atoms with van der Waals surface area (Å²) >= 11 is 0. The third-order valence-electron chi connectivity index (χ3n) is 5.08. The SMILES string of the molecule is O=C(c1cccnc1NCc1cc2ccccc2o1)N1CCc2ccccc21. The van der Waals surface area contributed by atoms with E-state index in [1.54, 1.807) is 12.3 Å². The monoisotopic (exact) mass is 369 g/mol. The molecule has 5 heteroatoms. The normalized spacial score (nSPS) is 12.9. The van der Waals surface area contributed by atoms with Gasteiger partial charge in [0.15, 0.2) is 0 Å². The number of hydrogen-bond acceptors (Lipinski definition) is 4. The molecular weight excluding hydrogens is 350 g/mol. The number of nitrogens with one attached hydrogen (secondary N) is 1. The summed E-state index contributed by atoms with van der Waals surface area (Å²) in [5.74, 6) is 1.33. The first-order valence-corrected chi connectivity index (χ1v) is 9.36. The van der Waals surface area contributed by atoms with Gasteiger partial charge in [-0.2, -0.15) is 0 Å². The van der Waals surface area contributed by atoms with E-state index in [4.69, 9.17) is 4.42 Å². The van der Waals surface area contributed by atoms with E-state index in [9.17, 15) is 4.79 Å². The molecule has 1 aliphatic heterocycles. The molecule has 4 aromatic rings. The lowest BCUT2D eigenvalue weighted by Gasteiger charge is -2.19. The minimum absolute atomic E-state index is 0.0369. The van der Waals surface area contributed by atoms with Crippen molar-refractivity contribution in [2.24, 2.45) is 0 Å². The highest BCUT2D eigenvalue weighted by molar-refractivity contribution is 6.10. The van der Waals surface area contributed by atoms with Gasteiger partial charge in [-0.3, -0.25) is 4.79 Å². The molecule has 0 spiro atoms. The van der Waals surface area contributed by atoms with Gasteiger partial charge in [0.25, 0.3) is 5.91 Å². The van der Waals surface area contributed by atoms with Crippen LogP contribution in [0, 0.1) is 0 Å². The summed E-state index contributed by atoms with van der Waals surface area (Å²) in [7, 11) is 0. The number of anilines is 2. The van der Waals surface area contributed by atoms with Gasteiger partial charge in [-0.1, -0.05) is 36.4 Å². The second-order valence-electron chi connectivity index (χ2n) is 6.84. The maximum absolute atomic E-state index is 13.2. The van der Waals surface area contributed by atoms with Crippen LogP contribution in [-0.2, 0) is 13.0 Å². The Morgan fingerprint density at radius 2 is 1.93 bits per heavy atom. The van der Waals surface area contributed by atoms with Gasteiger partial charge in [-0.05, 0) is 42.3 Å². The zero-order valence-electron chi connectivity index (χ0n) is 15.3. The summed E-state index contributed by atoms with van der Waals surface area (Å²) in [6, 6.07) is 21.6. The summed E-state index contributed by atoms with van der Waals surface area (Å²) in [4.78, 5) is 19.4. The number of pyridine rings is 1. The average molecular weight is 369 g/mol. The van der Waals surface area contributed by atoms with Crippen molar-refractivity contribution in [1.82, 2.24) is 4.98 Å². The number of rotatable bonds is 4. The second-order valence-corrected chi connectivity index (χ2v) is 6.84. The van der Waals surface area contributed by atoms with Crippen LogP contribution in [0.4, 0.5) is 11.5 Å². The lowest BCUT2D eigenvalue weighted by molar-refractivity contribution is 0.0990. The molecule has 2 aromatic carbocycles. The van der Waals surface area contributed by atoms with Crippen LogP contribution >= 0.6 is 0 Å². The molecular formula is C23H19N3O2. The number of amides is 1. The van der Waals surface area contributed by atoms with E-state index < -0.39 is 0 Å². The summed E-state index contributed by atoms with van der Waals surface area (Å²) < 4.78 is 5.85. The lowest BCUT2D eigenvalue weighted by Crippen LogP contribution is -2.29. The third-order valence-corrected chi connectivity index (χ3v) is 5.08. The van der Waals surface area contributed by atoms with Gasteiger partial charge in [0.2, 0.25) is 0 Å². The van der Waals surface area contributed by atoms with Crippen molar-refractivity contribution in [3.05, 3.63) is 89.8 Å². The Balaban J connectivity index is 1.39. The van der Waals surface area contributed by atoms with Gasteiger partial charge in [0.05, 0.1) is 12.1 Å². The number of hydrogen-bond donors (Lipinski definition) is 1. The number of aromatic nitrogens is 1. The molecule has 1 aliphatic rings. The zero-order valence-corrected chi connectivity index (χ0v) is 15.3. The van der Waals surface area contributed by atoms with Gasteiger partial charge in [-0.15, -0.1) is 0 Å². The molecule has 0 saturated heterocycles. The zero-order chi connectivity index (χ0) is 18.9. The van der Waals surface area contributed by atoms with E-state index in [0.29, 0.717) is 24.5 Å². The van der Waals surface area contributed by atoms with Crippen LogP contribution in [0.2, 0.25) is 0 Å². The molecule has 5 nitrogen and oxygen atoms in total. The number of carbonyl (C=O) groups is 1. The van der Waals surface area contributed by atoms with Crippen LogP contribution < -0.4 is 10.2 Å². The van der Waals surface area contributed by atoms with Gasteiger partial charge in [0.1, 0.15) is 17.2 Å². The lowest BCUT2D eigenvalue weighted by atomic mass is 10.1. The number of nitrogens with zero attached hydrogens (tertiary/aromatic N) is 2. The number of carbonyl (C=O) groups excluding carboxylic acids is 1. The second kappa shape index (κ2) is 6.85. The van der Waals surface area contributed by atoms with E-state index in [0.717, 1.165) is 28.8 Å². The smallest absolute Gasteiger partial charge is 0.262 e. The highest BCUT2D eigenvalue weighted by Crippen LogP contribution is 2.30. The molecule has 28 heavy (non-hydrogen) atoms. The number of furan rings is 1. The fraction of sp³-hybridized carbons (Fsp3) is 0.130. The quantitative estimate of drug-likeness (QED) is 0.569. The third kappa shape index (κ3) is 2.91. The largest absolute Gasteiger partial charge is 0.459 e. The topological polar surface area (TPSA) is 58.4 Å². The molecule has 3 heterocycles. The first-order chi connectivity index (χ1) is 13.8. The van der Waals surface area contributed by atoms with E-state index >= 15 is 0 Å². The number of benzene rings is 2. The molecule has 2 aromatic heterocycles. The Kier molecular flexibility index (Phi) is 4.05. The molecule has 138 valence electrons. The predicted molar refractivity (Wildman–Crippen MR) is 110 cm³/mol. The molecule has 0 atom stereocenters. The summed E-state index contributed by atoms with van der Waals surface area (Å²) in [6.45, 7) is 1.15. The standard InChI is InChI=1S/C23H19N3O2/c27-23(26-13-11-16-6-1-3-9-20(16)26)19-8-5-12-24-22(19)25-15-18-14-17-7-2-4-10-21(17)28-18/h1-10,12,14H,11,13,15H2,(H,24,25). The predicted octanol–water partition coefficient (Wildman–Crippen LogP) is 4.64. The fourth-order valence-corrected chi connectivity index (χ4v) is 3.71. The Bertz CT molecular complexity index is 1130. The Morgan fingerprint density at radius 3 is 2.86 bits per heavy atom. The van der Waals surface area contributed by atoms with E-state index in [2.05, 4.69) is 16.4 Å². The maximum Gasteiger partial charge on any atom is 0.262 e. The van der Waals surface area contributed by atoms with Crippen molar-refractivity contribution in [2.45, 2.75) is 13.0 Å². The molecule has 0 fully saturated rings. The minimum atomic E-state index is -0.0369. The first kappa shape index (κ1) is 16.6. The van der Waals surface area contributed by atoms with Crippen molar-refractivity contribution in [2.75, 3.05) is 16.8 Å². The minimum Gasteiger partial charge on any atom is -0.459 e. The summed E-state index contributed by atoms with van der Waals surface area (Å²) in [5, 5.41) is 4.33. The Labute approximate surface area is 162 Å². The highest BCUT2D eigenvalue weighted by Gasteiger charge is 2.27. The molecule has 0 bridgehead atoms. The van der Waals surface area contributed by atoms with E-state index in [1.165, 1.54) is 5.56 Å². The number of para-hydroxylation sites is 2. The van der Waals surface area contributed by atoms with E-state index in [1.807, 2.05) is 59.5 Å². The summed E-state index contributed by atoms with van der Waals surface area (Å²) in [5.41, 5.74) is 3.61. The van der Waals surface area contributed by atoms with Gasteiger partial charge >= 0.3 is 0 Å². The molecule has 0 saturated carbocycles. The van der Waals surface area contributed by atoms with Crippen molar-refractivity contribution in [1.29, 1.82) is 0 Å². The Hall–Kier alpha value is -3.60. The van der Waals surface area contributed by atoms with Crippen LogP contribution in [0.3, 0.4) is 0 Å². The summed E-state index contributed by atoms with van der Waals surface area (Å²) in [6.07, 6.45) is 2.57. The molecule has 0 unspecified atom stereocenters. The van der Waals surface area contributed by atoms with Crippen LogP contribution in [0.5, 0.6) is 0 Å². The van der Waals surface area contributed by atoms with Gasteiger partial charge < -0.3 is 14.6 Å². The molecule has 1 N–H and O–H groups in total. The molecule has 0 radical (unpaired) electrons. The Morgan fingerprint density at radius 1 is 1.07 bits per heavy atom. The molecule has 5 rings (SSSR count). The fourth-order valence-electron chi connectivity index (χ4n) is 3.71. The van der Waals surface area contributed by atoms with Crippen molar-refractivity contribution in [3.63, 3.8) is 0 Å². The van der Waals surface area contributed by atoms with Crippen LogP contribution in [0.1, 0.15) is 21.7 Å². The van der Waals surface area contributed by atoms with Crippen molar-refractivity contribution >= 4 is 28.4 Å². The molecule has 1 amide bonds. The van der Waals surface area contributed by atoms with Crippen LogP contribution in [0.25, 0.3) is 11.0 Å². The first-order valence-electron chi connectivity index (χ1n) is 9.36. The molecule has 0 aliphatic carbocycles. The van der Waals surface area contributed by atoms with Crippen molar-refractivity contribution < 1.29 is 9.21 Å². The number of fused-ring (bicyclic) bond motifs is 2. The van der Waals surface area contributed by atoms with Crippen molar-refractivity contribution in [3.8, 4) is 0 Å². The highest BCUT2D eigenvalue weighted by atomic mass is 16.3. The van der Waals surface area contributed by atoms with Crippen LogP contribution in [0.15, 0.2) is 77.3 Å².